The Morgan fingerprint density at radius 1 is 0.925 bits per heavy atom. The fraction of sp³-hybridized carbons (Fsp3) is 0.619. The molecule has 0 aliphatic carbocycles. The normalized spacial score (nSPS) is 14.0. The molecule has 0 aliphatic heterocycles. The average Bonchev–Trinajstić information content (AvgIpc) is 2.78. The van der Waals surface area contributed by atoms with Crippen LogP contribution in [0.25, 0.3) is 0 Å². The molecule has 0 saturated carbocycles. The molecule has 0 saturated heterocycles. The van der Waals surface area contributed by atoms with Crippen molar-refractivity contribution in [3.8, 4) is 5.75 Å². The summed E-state index contributed by atoms with van der Waals surface area (Å²) in [6.07, 6.45) is -3.40. The molecular formula is C21H29F4NO11S3. The highest BCUT2D eigenvalue weighted by Crippen LogP contribution is 2.35. The summed E-state index contributed by atoms with van der Waals surface area (Å²) in [6.45, 7) is 5.32. The predicted octanol–water partition coefficient (Wildman–Crippen LogP) is 2.42. The lowest BCUT2D eigenvalue weighted by atomic mass is 9.91. The van der Waals surface area contributed by atoms with E-state index in [0.29, 0.717) is 23.4 Å². The number of hydrogen-bond donors (Lipinski definition) is 1. The topological polar surface area (TPSA) is 176 Å². The zero-order valence-electron chi connectivity index (χ0n) is 21.7. The molecule has 12 nitrogen and oxygen atoms in total. The van der Waals surface area contributed by atoms with E-state index in [2.05, 4.69) is 4.18 Å². The average molecular weight is 644 g/mol. The molecule has 19 heteroatoms. The first-order valence-electron chi connectivity index (χ1n) is 11.3. The van der Waals surface area contributed by atoms with E-state index in [1.54, 1.807) is 13.8 Å². The molecule has 1 rings (SSSR count). The van der Waals surface area contributed by atoms with Crippen LogP contribution in [0.1, 0.15) is 50.4 Å². The molecule has 1 unspecified atom stereocenters. The third-order valence-electron chi connectivity index (χ3n) is 5.16. The summed E-state index contributed by atoms with van der Waals surface area (Å²) in [4.78, 5) is 24.0. The Morgan fingerprint density at radius 3 is 1.88 bits per heavy atom. The Morgan fingerprint density at radius 2 is 1.43 bits per heavy atom. The molecule has 40 heavy (non-hydrogen) atoms. The lowest BCUT2D eigenvalue weighted by molar-refractivity contribution is -0.154. The van der Waals surface area contributed by atoms with Crippen LogP contribution in [0.4, 0.5) is 17.6 Å². The van der Waals surface area contributed by atoms with Gasteiger partial charge in [-0.05, 0) is 57.4 Å². The fourth-order valence-electron chi connectivity index (χ4n) is 2.69. The third kappa shape index (κ3) is 10.2. The summed E-state index contributed by atoms with van der Waals surface area (Å²) in [5, 5.41) is 0. The third-order valence-corrected chi connectivity index (χ3v) is 10.9. The van der Waals surface area contributed by atoms with Crippen molar-refractivity contribution in [1.29, 1.82) is 0 Å². The lowest BCUT2D eigenvalue weighted by Gasteiger charge is -2.25. The number of alkyl halides is 4. The standard InChI is InChI=1S/C21H29F4NO11S3/c1-5-20(2,3)18(28)36-13-7-6-12-35-16(27)14-8-10-15(11-9-14)37-40(33,34)19(21(24,25)17(22)23)39(31,32)26-38(4,29)30/h8-11,17,19,26H,5-7,12-13H2,1-4H3. The molecule has 1 atom stereocenters. The molecule has 1 aromatic carbocycles. The number of carbonyl (C=O) groups excluding carboxylic acids is 2. The monoisotopic (exact) mass is 643 g/mol. The van der Waals surface area contributed by atoms with E-state index in [4.69, 9.17) is 9.47 Å². The number of halogens is 4. The van der Waals surface area contributed by atoms with Gasteiger partial charge in [-0.3, -0.25) is 4.79 Å². The van der Waals surface area contributed by atoms with Crippen LogP contribution in [0.3, 0.4) is 0 Å². The van der Waals surface area contributed by atoms with Crippen LogP contribution in [0.15, 0.2) is 24.3 Å². The van der Waals surface area contributed by atoms with Crippen molar-refractivity contribution in [2.45, 2.75) is 57.0 Å². The minimum Gasteiger partial charge on any atom is -0.465 e. The predicted molar refractivity (Wildman–Crippen MR) is 132 cm³/mol. The first kappa shape index (κ1) is 35.5. The highest BCUT2D eigenvalue weighted by molar-refractivity contribution is 8.12. The van der Waals surface area contributed by atoms with Crippen LogP contribution >= 0.6 is 0 Å². The van der Waals surface area contributed by atoms with Gasteiger partial charge in [-0.1, -0.05) is 6.92 Å². The molecule has 0 radical (unpaired) electrons. The minimum absolute atomic E-state index is 0.0875. The zero-order valence-corrected chi connectivity index (χ0v) is 24.2. The fourth-order valence-corrected chi connectivity index (χ4v) is 7.91. The van der Waals surface area contributed by atoms with Crippen molar-refractivity contribution in [2.24, 2.45) is 5.41 Å². The second-order valence-corrected chi connectivity index (χ2v) is 14.7. The maximum Gasteiger partial charge on any atom is 0.342 e. The van der Waals surface area contributed by atoms with E-state index in [-0.39, 0.29) is 31.0 Å². The number of hydrogen-bond acceptors (Lipinski definition) is 11. The number of esters is 2. The van der Waals surface area contributed by atoms with Crippen molar-refractivity contribution in [3.05, 3.63) is 29.8 Å². The number of nitrogens with one attached hydrogen (secondary N) is 1. The Hall–Kier alpha value is -2.51. The first-order chi connectivity index (χ1) is 18.1. The summed E-state index contributed by atoms with van der Waals surface area (Å²) in [7, 11) is -17.3. The lowest BCUT2D eigenvalue weighted by Crippen LogP contribution is -2.55. The van der Waals surface area contributed by atoms with Gasteiger partial charge in [0.25, 0.3) is 14.6 Å². The smallest absolute Gasteiger partial charge is 0.342 e. The number of benzene rings is 1. The molecule has 0 heterocycles. The first-order valence-corrected chi connectivity index (χ1v) is 16.2. The maximum absolute atomic E-state index is 14.0. The van der Waals surface area contributed by atoms with Crippen LogP contribution in [-0.4, -0.2) is 73.6 Å². The van der Waals surface area contributed by atoms with Crippen molar-refractivity contribution >= 4 is 42.1 Å². The molecule has 0 bridgehead atoms. The van der Waals surface area contributed by atoms with Gasteiger partial charge in [0.2, 0.25) is 10.0 Å². The van der Waals surface area contributed by atoms with Crippen molar-refractivity contribution in [2.75, 3.05) is 19.5 Å². The summed E-state index contributed by atoms with van der Waals surface area (Å²) in [6, 6.07) is 3.26. The van der Waals surface area contributed by atoms with Gasteiger partial charge in [0, 0.05) is 0 Å². The zero-order chi connectivity index (χ0) is 31.2. The summed E-state index contributed by atoms with van der Waals surface area (Å²) in [5.74, 6) is -7.94. The second-order valence-electron chi connectivity index (χ2n) is 9.02. The largest absolute Gasteiger partial charge is 0.465 e. The summed E-state index contributed by atoms with van der Waals surface area (Å²) >= 11 is 0. The molecular weight excluding hydrogens is 614 g/mol. The quantitative estimate of drug-likeness (QED) is 0.121. The van der Waals surface area contributed by atoms with Crippen molar-refractivity contribution in [1.82, 2.24) is 4.13 Å². The van der Waals surface area contributed by atoms with Gasteiger partial charge < -0.3 is 13.7 Å². The van der Waals surface area contributed by atoms with Crippen LogP contribution in [0, 0.1) is 5.41 Å². The van der Waals surface area contributed by atoms with Gasteiger partial charge in [-0.2, -0.15) is 17.2 Å². The number of sulfonamides is 2. The van der Waals surface area contributed by atoms with E-state index in [1.807, 2.05) is 6.92 Å². The van der Waals surface area contributed by atoms with Gasteiger partial charge in [-0.25, -0.2) is 30.4 Å². The Balaban J connectivity index is 2.89. The molecule has 230 valence electrons. The van der Waals surface area contributed by atoms with E-state index >= 15 is 0 Å². The Kier molecular flexibility index (Phi) is 11.9. The van der Waals surface area contributed by atoms with Crippen LogP contribution in [-0.2, 0) is 44.4 Å². The van der Waals surface area contributed by atoms with E-state index < -0.39 is 64.2 Å². The highest BCUT2D eigenvalue weighted by atomic mass is 32.3. The van der Waals surface area contributed by atoms with Crippen molar-refractivity contribution < 1.29 is 66.1 Å². The SMILES string of the molecule is CCC(C)(C)C(=O)OCCCCOC(=O)c1ccc(OS(=O)(=O)C(C(F)(F)C(F)F)S(=O)(=O)NS(C)(=O)=O)cc1. The molecule has 0 spiro atoms. The highest BCUT2D eigenvalue weighted by Gasteiger charge is 2.63. The van der Waals surface area contributed by atoms with Crippen LogP contribution in [0.2, 0.25) is 0 Å². The minimum atomic E-state index is -6.20. The molecule has 1 N–H and O–H groups in total. The summed E-state index contributed by atoms with van der Waals surface area (Å²) < 4.78 is 136. The number of carbonyl (C=O) groups is 2. The molecule has 0 aromatic heterocycles. The van der Waals surface area contributed by atoms with E-state index in [0.717, 1.165) is 24.3 Å². The number of ether oxygens (including phenoxy) is 2. The van der Waals surface area contributed by atoms with Gasteiger partial charge >= 0.3 is 34.4 Å². The molecule has 0 aliphatic rings. The summed E-state index contributed by atoms with van der Waals surface area (Å²) in [5.41, 5.74) is -0.810. The van der Waals surface area contributed by atoms with E-state index in [9.17, 15) is 52.4 Å². The Labute approximate surface area is 229 Å². The van der Waals surface area contributed by atoms with Gasteiger partial charge in [0.15, 0.2) is 0 Å². The second kappa shape index (κ2) is 13.4. The maximum atomic E-state index is 14.0. The van der Waals surface area contributed by atoms with Gasteiger partial charge in [0.1, 0.15) is 5.75 Å². The van der Waals surface area contributed by atoms with Gasteiger partial charge in [0.05, 0.1) is 30.4 Å². The van der Waals surface area contributed by atoms with E-state index in [1.165, 1.54) is 0 Å². The molecule has 0 amide bonds. The van der Waals surface area contributed by atoms with Crippen LogP contribution < -0.4 is 8.31 Å². The van der Waals surface area contributed by atoms with Crippen LogP contribution in [0.5, 0.6) is 5.75 Å². The molecule has 1 aromatic rings. The number of unbranched alkanes of at least 4 members (excludes halogenated alkanes) is 1. The number of rotatable bonds is 16. The van der Waals surface area contributed by atoms with Crippen molar-refractivity contribution in [3.63, 3.8) is 0 Å². The molecule has 0 fully saturated rings. The Bertz CT molecular complexity index is 1360. The van der Waals surface area contributed by atoms with Gasteiger partial charge in [-0.15, -0.1) is 4.13 Å².